The van der Waals surface area contributed by atoms with Crippen LogP contribution < -0.4 is 10.2 Å². The van der Waals surface area contributed by atoms with Crippen molar-refractivity contribution in [1.29, 1.82) is 0 Å². The average molecular weight is 346 g/mol. The molecule has 0 spiro atoms. The van der Waals surface area contributed by atoms with Crippen molar-refractivity contribution in [3.05, 3.63) is 24.5 Å². The van der Waals surface area contributed by atoms with Gasteiger partial charge in [0.1, 0.15) is 0 Å². The van der Waals surface area contributed by atoms with E-state index in [4.69, 9.17) is 4.74 Å². The van der Waals surface area contributed by atoms with Crippen LogP contribution in [0.4, 0.5) is 10.5 Å². The first kappa shape index (κ1) is 18.0. The van der Waals surface area contributed by atoms with Crippen molar-refractivity contribution in [2.24, 2.45) is 5.92 Å². The lowest BCUT2D eigenvalue weighted by atomic mass is 9.96. The number of ether oxygens (including phenoxy) is 1. The molecule has 0 radical (unpaired) electrons. The summed E-state index contributed by atoms with van der Waals surface area (Å²) in [7, 11) is 0. The fourth-order valence-electron chi connectivity index (χ4n) is 3.61. The van der Waals surface area contributed by atoms with Crippen molar-refractivity contribution < 1.29 is 9.53 Å². The number of hydrogen-bond donors (Lipinski definition) is 1. The number of piperidine rings is 1. The quantitative estimate of drug-likeness (QED) is 0.910. The second-order valence-corrected chi connectivity index (χ2v) is 7.40. The first-order valence-electron chi connectivity index (χ1n) is 9.41. The first-order chi connectivity index (χ1) is 12.1. The van der Waals surface area contributed by atoms with Crippen LogP contribution in [0.1, 0.15) is 33.1 Å². The van der Waals surface area contributed by atoms with E-state index in [1.165, 1.54) is 5.69 Å². The zero-order chi connectivity index (χ0) is 17.7. The molecule has 3 rings (SSSR count). The van der Waals surface area contributed by atoms with E-state index in [2.05, 4.69) is 41.2 Å². The molecule has 2 aliphatic rings. The standard InChI is InChI=1S/C19H30N4O2/c1-3-19(2)15-23(12-13-25-19)18(24)21-14-16-6-10-22(11-7-16)17-4-8-20-9-5-17/h4-5,8-9,16H,3,6-7,10-15H2,1-2H3,(H,21,24). The molecule has 2 amide bonds. The number of rotatable bonds is 4. The summed E-state index contributed by atoms with van der Waals surface area (Å²) in [6, 6.07) is 4.18. The van der Waals surface area contributed by atoms with Crippen LogP contribution >= 0.6 is 0 Å². The van der Waals surface area contributed by atoms with E-state index in [-0.39, 0.29) is 11.6 Å². The van der Waals surface area contributed by atoms with Gasteiger partial charge in [-0.25, -0.2) is 4.79 Å². The topological polar surface area (TPSA) is 57.7 Å². The number of nitrogens with one attached hydrogen (secondary N) is 1. The van der Waals surface area contributed by atoms with Gasteiger partial charge in [-0.05, 0) is 44.2 Å². The fraction of sp³-hybridized carbons (Fsp3) is 0.684. The monoisotopic (exact) mass is 346 g/mol. The number of hydrogen-bond acceptors (Lipinski definition) is 4. The highest BCUT2D eigenvalue weighted by molar-refractivity contribution is 5.74. The third-order valence-corrected chi connectivity index (χ3v) is 5.56. The van der Waals surface area contributed by atoms with Gasteiger partial charge in [0, 0.05) is 44.3 Å². The minimum atomic E-state index is -0.203. The van der Waals surface area contributed by atoms with Crippen molar-refractivity contribution in [3.63, 3.8) is 0 Å². The molecule has 3 heterocycles. The van der Waals surface area contributed by atoms with Gasteiger partial charge in [0.15, 0.2) is 0 Å². The first-order valence-corrected chi connectivity index (χ1v) is 9.41. The Morgan fingerprint density at radius 1 is 1.32 bits per heavy atom. The molecule has 2 saturated heterocycles. The lowest BCUT2D eigenvalue weighted by Crippen LogP contribution is -2.55. The predicted molar refractivity (Wildman–Crippen MR) is 98.8 cm³/mol. The van der Waals surface area contributed by atoms with E-state index in [9.17, 15) is 4.79 Å². The number of pyridine rings is 1. The van der Waals surface area contributed by atoms with Gasteiger partial charge in [-0.2, -0.15) is 0 Å². The highest BCUT2D eigenvalue weighted by Crippen LogP contribution is 2.23. The van der Waals surface area contributed by atoms with Crippen molar-refractivity contribution in [2.45, 2.75) is 38.7 Å². The Morgan fingerprint density at radius 2 is 2.04 bits per heavy atom. The molecule has 1 aromatic heterocycles. The molecule has 0 saturated carbocycles. The van der Waals surface area contributed by atoms with Gasteiger partial charge >= 0.3 is 6.03 Å². The Labute approximate surface area is 150 Å². The molecule has 2 aliphatic heterocycles. The largest absolute Gasteiger partial charge is 0.372 e. The smallest absolute Gasteiger partial charge is 0.317 e. The third-order valence-electron chi connectivity index (χ3n) is 5.56. The Morgan fingerprint density at radius 3 is 2.72 bits per heavy atom. The zero-order valence-electron chi connectivity index (χ0n) is 15.4. The molecule has 1 N–H and O–H groups in total. The number of nitrogens with zero attached hydrogens (tertiary/aromatic N) is 3. The molecule has 25 heavy (non-hydrogen) atoms. The molecule has 2 fully saturated rings. The number of carbonyl (C=O) groups is 1. The summed E-state index contributed by atoms with van der Waals surface area (Å²) in [4.78, 5) is 20.8. The minimum Gasteiger partial charge on any atom is -0.372 e. The van der Waals surface area contributed by atoms with Crippen LogP contribution in [0.3, 0.4) is 0 Å². The van der Waals surface area contributed by atoms with E-state index >= 15 is 0 Å². The molecule has 0 aliphatic carbocycles. The number of anilines is 1. The maximum Gasteiger partial charge on any atom is 0.317 e. The molecule has 0 bridgehead atoms. The summed E-state index contributed by atoms with van der Waals surface area (Å²) < 4.78 is 5.81. The van der Waals surface area contributed by atoms with E-state index in [1.54, 1.807) is 0 Å². The van der Waals surface area contributed by atoms with E-state index in [1.807, 2.05) is 17.3 Å². The molecule has 0 aromatic carbocycles. The Kier molecular flexibility index (Phi) is 5.78. The van der Waals surface area contributed by atoms with Gasteiger partial charge in [-0.3, -0.25) is 4.98 Å². The Hall–Kier alpha value is -1.82. The van der Waals surface area contributed by atoms with Crippen molar-refractivity contribution in [3.8, 4) is 0 Å². The van der Waals surface area contributed by atoms with Gasteiger partial charge in [0.05, 0.1) is 18.8 Å². The SMILES string of the molecule is CCC1(C)CN(C(=O)NCC2CCN(c3ccncc3)CC2)CCO1. The third kappa shape index (κ3) is 4.63. The van der Waals surface area contributed by atoms with Crippen LogP contribution in [0.5, 0.6) is 0 Å². The maximum absolute atomic E-state index is 12.5. The second kappa shape index (κ2) is 8.04. The van der Waals surface area contributed by atoms with Crippen LogP contribution in [0.2, 0.25) is 0 Å². The maximum atomic E-state index is 12.5. The van der Waals surface area contributed by atoms with Crippen molar-refractivity contribution >= 4 is 11.7 Å². The Bertz CT molecular complexity index is 560. The number of aromatic nitrogens is 1. The summed E-state index contributed by atoms with van der Waals surface area (Å²) in [5.74, 6) is 0.556. The average Bonchev–Trinajstić information content (AvgIpc) is 2.67. The lowest BCUT2D eigenvalue weighted by Gasteiger charge is -2.40. The molecular formula is C19H30N4O2. The summed E-state index contributed by atoms with van der Waals surface area (Å²) in [6.07, 6.45) is 6.82. The summed E-state index contributed by atoms with van der Waals surface area (Å²) in [6.45, 7) is 9.02. The predicted octanol–water partition coefficient (Wildman–Crippen LogP) is 2.51. The highest BCUT2D eigenvalue weighted by atomic mass is 16.5. The van der Waals surface area contributed by atoms with Gasteiger partial charge in [-0.15, -0.1) is 0 Å². The van der Waals surface area contributed by atoms with Gasteiger partial charge in [0.25, 0.3) is 0 Å². The Balaban J connectivity index is 1.41. The van der Waals surface area contributed by atoms with Crippen molar-refractivity contribution in [1.82, 2.24) is 15.2 Å². The summed E-state index contributed by atoms with van der Waals surface area (Å²) in [5, 5.41) is 3.14. The molecule has 6 nitrogen and oxygen atoms in total. The molecule has 1 atom stereocenters. The van der Waals surface area contributed by atoms with Crippen LogP contribution in [0, 0.1) is 5.92 Å². The second-order valence-electron chi connectivity index (χ2n) is 7.40. The van der Waals surface area contributed by atoms with E-state index in [0.717, 1.165) is 38.9 Å². The molecule has 1 aromatic rings. The van der Waals surface area contributed by atoms with Crippen LogP contribution in [-0.2, 0) is 4.74 Å². The number of morpholine rings is 1. The summed E-state index contributed by atoms with van der Waals surface area (Å²) >= 11 is 0. The highest BCUT2D eigenvalue weighted by Gasteiger charge is 2.32. The molecule has 138 valence electrons. The summed E-state index contributed by atoms with van der Waals surface area (Å²) in [5.41, 5.74) is 1.04. The van der Waals surface area contributed by atoms with Gasteiger partial charge in [-0.1, -0.05) is 6.92 Å². The van der Waals surface area contributed by atoms with Crippen LogP contribution in [0.25, 0.3) is 0 Å². The van der Waals surface area contributed by atoms with Crippen LogP contribution in [-0.4, -0.2) is 60.8 Å². The number of carbonyl (C=O) groups excluding carboxylic acids is 1. The lowest BCUT2D eigenvalue weighted by molar-refractivity contribution is -0.0873. The van der Waals surface area contributed by atoms with E-state index < -0.39 is 0 Å². The number of amides is 2. The van der Waals surface area contributed by atoms with Crippen LogP contribution in [0.15, 0.2) is 24.5 Å². The van der Waals surface area contributed by atoms with E-state index in [0.29, 0.717) is 25.6 Å². The fourth-order valence-corrected chi connectivity index (χ4v) is 3.61. The molecular weight excluding hydrogens is 316 g/mol. The van der Waals surface area contributed by atoms with Gasteiger partial charge < -0.3 is 19.9 Å². The molecule has 1 unspecified atom stereocenters. The molecule has 6 heteroatoms. The van der Waals surface area contributed by atoms with Crippen molar-refractivity contribution in [2.75, 3.05) is 44.2 Å². The zero-order valence-corrected chi connectivity index (χ0v) is 15.4. The van der Waals surface area contributed by atoms with Gasteiger partial charge in [0.2, 0.25) is 0 Å². The minimum absolute atomic E-state index is 0.0551. The normalized spacial score (nSPS) is 25.0. The number of urea groups is 1.